The van der Waals surface area contributed by atoms with Gasteiger partial charge in [0.25, 0.3) is 0 Å². The zero-order valence-corrected chi connectivity index (χ0v) is 16.7. The number of methoxy groups -OCH3 is 2. The van der Waals surface area contributed by atoms with Crippen LogP contribution < -0.4 is 14.8 Å². The van der Waals surface area contributed by atoms with Gasteiger partial charge in [-0.1, -0.05) is 32.8 Å². The zero-order valence-electron chi connectivity index (χ0n) is 16.7. The molecule has 0 spiro atoms. The van der Waals surface area contributed by atoms with Crippen LogP contribution in [0.5, 0.6) is 11.5 Å². The minimum Gasteiger partial charge on any atom is -0.493 e. The molecular weight excluding hydrogens is 346 g/mol. The van der Waals surface area contributed by atoms with Crippen molar-refractivity contribution in [1.82, 2.24) is 5.32 Å². The van der Waals surface area contributed by atoms with Gasteiger partial charge in [0.15, 0.2) is 11.5 Å². The van der Waals surface area contributed by atoms with Crippen LogP contribution in [-0.4, -0.2) is 37.7 Å². The van der Waals surface area contributed by atoms with Crippen molar-refractivity contribution >= 4 is 11.9 Å². The summed E-state index contributed by atoms with van der Waals surface area (Å²) >= 11 is 0. The van der Waals surface area contributed by atoms with Crippen LogP contribution >= 0.6 is 0 Å². The number of aliphatic carboxylic acids is 1. The van der Waals surface area contributed by atoms with Crippen LogP contribution in [0.1, 0.15) is 51.5 Å². The van der Waals surface area contributed by atoms with Crippen LogP contribution in [0.25, 0.3) is 0 Å². The van der Waals surface area contributed by atoms with E-state index < -0.39 is 17.3 Å². The summed E-state index contributed by atoms with van der Waals surface area (Å²) in [5, 5.41) is 12.4. The van der Waals surface area contributed by atoms with Crippen LogP contribution in [0, 0.1) is 11.8 Å². The van der Waals surface area contributed by atoms with Gasteiger partial charge in [-0.15, -0.1) is 0 Å². The third-order valence-corrected chi connectivity index (χ3v) is 5.44. The maximum Gasteiger partial charge on any atom is 0.308 e. The molecule has 6 heteroatoms. The second-order valence-electron chi connectivity index (χ2n) is 7.73. The SMILES string of the molecule is COc1ccc(C2(C(=O)NCC(CC(C)C)C(=O)O)CCCC2)cc1OC. The Hall–Kier alpha value is -2.24. The lowest BCUT2D eigenvalue weighted by molar-refractivity contribution is -0.142. The average molecular weight is 377 g/mol. The van der Waals surface area contributed by atoms with Crippen molar-refractivity contribution in [2.45, 2.75) is 51.4 Å². The first-order valence-electron chi connectivity index (χ1n) is 9.57. The van der Waals surface area contributed by atoms with E-state index in [-0.39, 0.29) is 18.4 Å². The number of hydrogen-bond acceptors (Lipinski definition) is 4. The largest absolute Gasteiger partial charge is 0.493 e. The number of carbonyl (C=O) groups is 2. The number of nitrogens with one attached hydrogen (secondary N) is 1. The first-order valence-corrected chi connectivity index (χ1v) is 9.57. The van der Waals surface area contributed by atoms with Crippen molar-refractivity contribution in [1.29, 1.82) is 0 Å². The molecule has 1 aromatic rings. The summed E-state index contributed by atoms with van der Waals surface area (Å²) in [4.78, 5) is 24.6. The van der Waals surface area contributed by atoms with Crippen LogP contribution in [0.4, 0.5) is 0 Å². The highest BCUT2D eigenvalue weighted by Gasteiger charge is 2.43. The molecule has 0 radical (unpaired) electrons. The Balaban J connectivity index is 2.23. The fourth-order valence-corrected chi connectivity index (χ4v) is 3.98. The van der Waals surface area contributed by atoms with Gasteiger partial charge in [0.2, 0.25) is 5.91 Å². The van der Waals surface area contributed by atoms with E-state index in [1.165, 1.54) is 0 Å². The lowest BCUT2D eigenvalue weighted by Gasteiger charge is -2.29. The molecule has 0 bridgehead atoms. The lowest BCUT2D eigenvalue weighted by Crippen LogP contribution is -2.45. The molecule has 150 valence electrons. The van der Waals surface area contributed by atoms with E-state index in [0.717, 1.165) is 31.2 Å². The topological polar surface area (TPSA) is 84.9 Å². The van der Waals surface area contributed by atoms with E-state index in [4.69, 9.17) is 9.47 Å². The smallest absolute Gasteiger partial charge is 0.308 e. The quantitative estimate of drug-likeness (QED) is 0.689. The predicted octanol–water partition coefficient (Wildman–Crippen LogP) is 3.38. The van der Waals surface area contributed by atoms with Gasteiger partial charge in [0.1, 0.15) is 0 Å². The van der Waals surface area contributed by atoms with E-state index in [1.807, 2.05) is 32.0 Å². The van der Waals surface area contributed by atoms with E-state index in [1.54, 1.807) is 14.2 Å². The summed E-state index contributed by atoms with van der Waals surface area (Å²) < 4.78 is 10.7. The Morgan fingerprint density at radius 3 is 2.30 bits per heavy atom. The van der Waals surface area contributed by atoms with Gasteiger partial charge >= 0.3 is 5.97 Å². The van der Waals surface area contributed by atoms with Crippen molar-refractivity contribution in [2.24, 2.45) is 11.8 Å². The molecule has 0 aromatic heterocycles. The van der Waals surface area contributed by atoms with Gasteiger partial charge in [-0.2, -0.15) is 0 Å². The number of rotatable bonds is 9. The predicted molar refractivity (Wildman–Crippen MR) is 103 cm³/mol. The third-order valence-electron chi connectivity index (χ3n) is 5.44. The molecule has 1 atom stereocenters. The summed E-state index contributed by atoms with van der Waals surface area (Å²) in [7, 11) is 3.16. The van der Waals surface area contributed by atoms with E-state index in [0.29, 0.717) is 17.9 Å². The van der Waals surface area contributed by atoms with Gasteiger partial charge in [-0.3, -0.25) is 9.59 Å². The number of carbonyl (C=O) groups excluding carboxylic acids is 1. The summed E-state index contributed by atoms with van der Waals surface area (Å²) in [6.45, 7) is 4.13. The Kier molecular flexibility index (Phi) is 7.11. The van der Waals surface area contributed by atoms with Gasteiger partial charge in [0.05, 0.1) is 25.6 Å². The molecule has 1 aliphatic rings. The van der Waals surface area contributed by atoms with E-state index in [2.05, 4.69) is 5.32 Å². The number of carboxylic acid groups (broad SMARTS) is 1. The Morgan fingerprint density at radius 2 is 1.78 bits per heavy atom. The van der Waals surface area contributed by atoms with Crippen molar-refractivity contribution in [3.63, 3.8) is 0 Å². The van der Waals surface area contributed by atoms with Crippen LogP contribution in [-0.2, 0) is 15.0 Å². The fraction of sp³-hybridized carbons (Fsp3) is 0.619. The molecule has 2 N–H and O–H groups in total. The first-order chi connectivity index (χ1) is 12.8. The molecule has 0 saturated heterocycles. The number of amides is 1. The zero-order chi connectivity index (χ0) is 20.0. The molecule has 0 heterocycles. The second-order valence-corrected chi connectivity index (χ2v) is 7.73. The Bertz CT molecular complexity index is 665. The fourth-order valence-electron chi connectivity index (χ4n) is 3.98. The van der Waals surface area contributed by atoms with E-state index >= 15 is 0 Å². The minimum absolute atomic E-state index is 0.0952. The number of benzene rings is 1. The Morgan fingerprint density at radius 1 is 1.15 bits per heavy atom. The first kappa shape index (κ1) is 21.1. The summed E-state index contributed by atoms with van der Waals surface area (Å²) in [5.41, 5.74) is 0.256. The summed E-state index contributed by atoms with van der Waals surface area (Å²) in [6.07, 6.45) is 3.97. The second kappa shape index (κ2) is 9.11. The molecule has 6 nitrogen and oxygen atoms in total. The minimum atomic E-state index is -0.865. The standard InChI is InChI=1S/C21H31NO5/c1-14(2)11-15(19(23)24)13-22-20(25)21(9-5-6-10-21)16-7-8-17(26-3)18(12-16)27-4/h7-8,12,14-15H,5-6,9-11,13H2,1-4H3,(H,22,25)(H,23,24). The molecule has 2 rings (SSSR count). The molecule has 27 heavy (non-hydrogen) atoms. The maximum atomic E-state index is 13.2. The molecule has 1 aromatic carbocycles. The van der Waals surface area contributed by atoms with Crippen molar-refractivity contribution in [2.75, 3.05) is 20.8 Å². The highest BCUT2D eigenvalue weighted by atomic mass is 16.5. The molecule has 1 saturated carbocycles. The van der Waals surface area contributed by atoms with E-state index in [9.17, 15) is 14.7 Å². The lowest BCUT2D eigenvalue weighted by atomic mass is 9.77. The molecular formula is C21H31NO5. The van der Waals surface area contributed by atoms with Gasteiger partial charge < -0.3 is 19.9 Å². The number of carboxylic acids is 1. The molecule has 1 fully saturated rings. The third kappa shape index (κ3) is 4.73. The number of ether oxygens (including phenoxy) is 2. The molecule has 1 unspecified atom stereocenters. The van der Waals surface area contributed by atoms with Crippen molar-refractivity contribution < 1.29 is 24.2 Å². The van der Waals surface area contributed by atoms with Crippen molar-refractivity contribution in [3.05, 3.63) is 23.8 Å². The molecule has 1 amide bonds. The highest BCUT2D eigenvalue weighted by molar-refractivity contribution is 5.89. The number of hydrogen-bond donors (Lipinski definition) is 2. The Labute approximate surface area is 161 Å². The molecule has 0 aliphatic heterocycles. The average Bonchev–Trinajstić information content (AvgIpc) is 3.14. The monoisotopic (exact) mass is 377 g/mol. The molecule has 1 aliphatic carbocycles. The van der Waals surface area contributed by atoms with Crippen molar-refractivity contribution in [3.8, 4) is 11.5 Å². The normalized spacial score (nSPS) is 16.8. The maximum absolute atomic E-state index is 13.2. The van der Waals surface area contributed by atoms with Gasteiger partial charge in [0, 0.05) is 6.54 Å². The van der Waals surface area contributed by atoms with Crippen LogP contribution in [0.2, 0.25) is 0 Å². The van der Waals surface area contributed by atoms with Crippen LogP contribution in [0.3, 0.4) is 0 Å². The van der Waals surface area contributed by atoms with Gasteiger partial charge in [-0.25, -0.2) is 0 Å². The summed E-state index contributed by atoms with van der Waals surface area (Å²) in [6, 6.07) is 5.60. The van der Waals surface area contributed by atoms with Gasteiger partial charge in [-0.05, 0) is 42.9 Å². The summed E-state index contributed by atoms with van der Waals surface area (Å²) in [5.74, 6) is -0.0557. The van der Waals surface area contributed by atoms with Crippen LogP contribution in [0.15, 0.2) is 18.2 Å². The highest BCUT2D eigenvalue weighted by Crippen LogP contribution is 2.44.